The fourth-order valence-electron chi connectivity index (χ4n) is 3.17. The third-order valence-corrected chi connectivity index (χ3v) is 4.62. The average Bonchev–Trinajstić information content (AvgIpc) is 2.82. The number of nitrogens with zero attached hydrogens (tertiary/aromatic N) is 1. The summed E-state index contributed by atoms with van der Waals surface area (Å²) in [6, 6.07) is 8.49. The SMILES string of the molecule is CNCC(C)C(=O)NCc1ccccc1CN1CCCCCC1. The Morgan fingerprint density at radius 3 is 2.43 bits per heavy atom. The predicted molar refractivity (Wildman–Crippen MR) is 95.1 cm³/mol. The number of hydrogen-bond acceptors (Lipinski definition) is 3. The fraction of sp³-hybridized carbons (Fsp3) is 0.632. The van der Waals surface area contributed by atoms with Crippen LogP contribution in [0.15, 0.2) is 24.3 Å². The van der Waals surface area contributed by atoms with Gasteiger partial charge in [0.15, 0.2) is 0 Å². The Labute approximate surface area is 140 Å². The zero-order valence-corrected chi connectivity index (χ0v) is 14.6. The van der Waals surface area contributed by atoms with Gasteiger partial charge in [0.05, 0.1) is 0 Å². The van der Waals surface area contributed by atoms with Crippen molar-refractivity contribution in [2.24, 2.45) is 5.92 Å². The third kappa shape index (κ3) is 5.96. The first-order valence-electron chi connectivity index (χ1n) is 8.92. The highest BCUT2D eigenvalue weighted by atomic mass is 16.1. The van der Waals surface area contributed by atoms with Gasteiger partial charge >= 0.3 is 0 Å². The molecule has 1 aromatic rings. The molecule has 0 aliphatic carbocycles. The van der Waals surface area contributed by atoms with Gasteiger partial charge in [0.1, 0.15) is 0 Å². The van der Waals surface area contributed by atoms with Gasteiger partial charge in [-0.3, -0.25) is 9.69 Å². The molecule has 1 unspecified atom stereocenters. The van der Waals surface area contributed by atoms with E-state index in [0.29, 0.717) is 13.1 Å². The first-order valence-corrected chi connectivity index (χ1v) is 8.92. The normalized spacial score (nSPS) is 17.5. The summed E-state index contributed by atoms with van der Waals surface area (Å²) in [6.07, 6.45) is 5.33. The molecule has 2 rings (SSSR count). The van der Waals surface area contributed by atoms with Crippen LogP contribution in [0.1, 0.15) is 43.7 Å². The van der Waals surface area contributed by atoms with E-state index in [9.17, 15) is 4.79 Å². The number of carbonyl (C=O) groups excluding carboxylic acids is 1. The Morgan fingerprint density at radius 2 is 1.78 bits per heavy atom. The molecule has 1 fully saturated rings. The number of hydrogen-bond donors (Lipinski definition) is 2. The molecule has 1 aromatic carbocycles. The number of rotatable bonds is 7. The zero-order chi connectivity index (χ0) is 16.5. The minimum Gasteiger partial charge on any atom is -0.352 e. The number of likely N-dealkylation sites (tertiary alicyclic amines) is 1. The fourth-order valence-corrected chi connectivity index (χ4v) is 3.17. The van der Waals surface area contributed by atoms with Crippen LogP contribution in [-0.4, -0.2) is 37.5 Å². The lowest BCUT2D eigenvalue weighted by Gasteiger charge is -2.22. The molecule has 0 radical (unpaired) electrons. The van der Waals surface area contributed by atoms with E-state index < -0.39 is 0 Å². The second kappa shape index (κ2) is 9.68. The van der Waals surface area contributed by atoms with Crippen LogP contribution in [0, 0.1) is 5.92 Å². The molecule has 1 atom stereocenters. The molecule has 2 N–H and O–H groups in total. The molecule has 4 nitrogen and oxygen atoms in total. The summed E-state index contributed by atoms with van der Waals surface area (Å²) in [6.45, 7) is 6.67. The molecule has 4 heteroatoms. The van der Waals surface area contributed by atoms with Crippen molar-refractivity contribution in [3.8, 4) is 0 Å². The van der Waals surface area contributed by atoms with Crippen molar-refractivity contribution in [3.63, 3.8) is 0 Å². The summed E-state index contributed by atoms with van der Waals surface area (Å²) in [4.78, 5) is 14.6. The van der Waals surface area contributed by atoms with Gasteiger partial charge in [-0.2, -0.15) is 0 Å². The third-order valence-electron chi connectivity index (χ3n) is 4.62. The zero-order valence-electron chi connectivity index (χ0n) is 14.6. The Bertz CT molecular complexity index is 481. The first kappa shape index (κ1) is 18.0. The molecule has 1 amide bonds. The van der Waals surface area contributed by atoms with Crippen LogP contribution in [0.5, 0.6) is 0 Å². The molecule has 1 aliphatic heterocycles. The van der Waals surface area contributed by atoms with Gasteiger partial charge < -0.3 is 10.6 Å². The van der Waals surface area contributed by atoms with Crippen LogP contribution < -0.4 is 10.6 Å². The van der Waals surface area contributed by atoms with Crippen molar-refractivity contribution in [3.05, 3.63) is 35.4 Å². The van der Waals surface area contributed by atoms with Gasteiger partial charge in [-0.05, 0) is 44.1 Å². The molecule has 0 spiro atoms. The average molecular weight is 317 g/mol. The van der Waals surface area contributed by atoms with Crippen molar-refractivity contribution < 1.29 is 4.79 Å². The maximum absolute atomic E-state index is 12.1. The Morgan fingerprint density at radius 1 is 1.13 bits per heavy atom. The van der Waals surface area contributed by atoms with Crippen molar-refractivity contribution in [1.82, 2.24) is 15.5 Å². The van der Waals surface area contributed by atoms with E-state index in [1.165, 1.54) is 49.9 Å². The molecule has 23 heavy (non-hydrogen) atoms. The smallest absolute Gasteiger partial charge is 0.224 e. The molecular weight excluding hydrogens is 286 g/mol. The Kier molecular flexibility index (Phi) is 7.56. The summed E-state index contributed by atoms with van der Waals surface area (Å²) >= 11 is 0. The molecule has 0 bridgehead atoms. The van der Waals surface area contributed by atoms with Crippen LogP contribution in [0.2, 0.25) is 0 Å². The summed E-state index contributed by atoms with van der Waals surface area (Å²) in [5.74, 6) is 0.113. The van der Waals surface area contributed by atoms with Crippen LogP contribution in [-0.2, 0) is 17.9 Å². The van der Waals surface area contributed by atoms with Gasteiger partial charge in [0, 0.05) is 25.6 Å². The summed E-state index contributed by atoms with van der Waals surface area (Å²) in [5, 5.41) is 6.13. The van der Waals surface area contributed by atoms with E-state index in [1.807, 2.05) is 14.0 Å². The van der Waals surface area contributed by atoms with Gasteiger partial charge in [0.2, 0.25) is 5.91 Å². The largest absolute Gasteiger partial charge is 0.352 e. The molecular formula is C19H31N3O. The highest BCUT2D eigenvalue weighted by molar-refractivity contribution is 5.78. The van der Waals surface area contributed by atoms with E-state index in [2.05, 4.69) is 39.8 Å². The number of carbonyl (C=O) groups is 1. The van der Waals surface area contributed by atoms with Crippen LogP contribution in [0.3, 0.4) is 0 Å². The molecule has 1 saturated heterocycles. The maximum Gasteiger partial charge on any atom is 0.224 e. The number of nitrogens with one attached hydrogen (secondary N) is 2. The Balaban J connectivity index is 1.92. The summed E-state index contributed by atoms with van der Waals surface area (Å²) in [7, 11) is 1.88. The second-order valence-electron chi connectivity index (χ2n) is 6.64. The van der Waals surface area contributed by atoms with Crippen molar-refractivity contribution in [2.45, 2.75) is 45.7 Å². The summed E-state index contributed by atoms with van der Waals surface area (Å²) < 4.78 is 0. The highest BCUT2D eigenvalue weighted by Gasteiger charge is 2.14. The lowest BCUT2D eigenvalue weighted by atomic mass is 10.1. The van der Waals surface area contributed by atoms with E-state index >= 15 is 0 Å². The van der Waals surface area contributed by atoms with Crippen LogP contribution in [0.25, 0.3) is 0 Å². The van der Waals surface area contributed by atoms with Crippen LogP contribution in [0.4, 0.5) is 0 Å². The van der Waals surface area contributed by atoms with E-state index in [-0.39, 0.29) is 11.8 Å². The summed E-state index contributed by atoms with van der Waals surface area (Å²) in [5.41, 5.74) is 2.58. The van der Waals surface area contributed by atoms with Gasteiger partial charge in [0.25, 0.3) is 0 Å². The minimum absolute atomic E-state index is 0.00207. The highest BCUT2D eigenvalue weighted by Crippen LogP contribution is 2.16. The predicted octanol–water partition coefficient (Wildman–Crippen LogP) is 2.53. The van der Waals surface area contributed by atoms with Crippen molar-refractivity contribution in [1.29, 1.82) is 0 Å². The maximum atomic E-state index is 12.1. The first-order chi connectivity index (χ1) is 11.2. The van der Waals surface area contributed by atoms with Gasteiger partial charge in [-0.1, -0.05) is 44.0 Å². The standard InChI is InChI=1S/C19H31N3O/c1-16(13-20-2)19(23)21-14-17-9-5-6-10-18(17)15-22-11-7-3-4-8-12-22/h5-6,9-10,16,20H,3-4,7-8,11-15H2,1-2H3,(H,21,23). The number of benzene rings is 1. The van der Waals surface area contributed by atoms with Crippen molar-refractivity contribution in [2.75, 3.05) is 26.7 Å². The van der Waals surface area contributed by atoms with E-state index in [0.717, 1.165) is 6.54 Å². The van der Waals surface area contributed by atoms with Crippen LogP contribution >= 0.6 is 0 Å². The molecule has 1 heterocycles. The second-order valence-corrected chi connectivity index (χ2v) is 6.64. The molecule has 1 aliphatic rings. The quantitative estimate of drug-likeness (QED) is 0.812. The number of amides is 1. The van der Waals surface area contributed by atoms with E-state index in [1.54, 1.807) is 0 Å². The van der Waals surface area contributed by atoms with Gasteiger partial charge in [-0.25, -0.2) is 0 Å². The minimum atomic E-state index is -0.00207. The van der Waals surface area contributed by atoms with Gasteiger partial charge in [-0.15, -0.1) is 0 Å². The lowest BCUT2D eigenvalue weighted by molar-refractivity contribution is -0.124. The van der Waals surface area contributed by atoms with E-state index in [4.69, 9.17) is 0 Å². The lowest BCUT2D eigenvalue weighted by Crippen LogP contribution is -2.34. The molecule has 0 aromatic heterocycles. The Hall–Kier alpha value is -1.39. The van der Waals surface area contributed by atoms with Crippen molar-refractivity contribution >= 4 is 5.91 Å². The molecule has 128 valence electrons. The molecule has 0 saturated carbocycles. The monoisotopic (exact) mass is 317 g/mol. The topological polar surface area (TPSA) is 44.4 Å².